The van der Waals surface area contributed by atoms with E-state index >= 15 is 0 Å². The van der Waals surface area contributed by atoms with Crippen LogP contribution in [-0.4, -0.2) is 67.3 Å². The molecule has 1 amide bonds. The Balaban J connectivity index is 1.65. The van der Waals surface area contributed by atoms with Crippen LogP contribution in [0, 0.1) is 0 Å². The Morgan fingerprint density at radius 1 is 1.19 bits per heavy atom. The molecule has 2 atom stereocenters. The Bertz CT molecular complexity index is 891. The third-order valence-electron chi connectivity index (χ3n) is 5.38. The Labute approximate surface area is 153 Å². The summed E-state index contributed by atoms with van der Waals surface area (Å²) in [6, 6.07) is 7.13. The lowest BCUT2D eigenvalue weighted by Crippen LogP contribution is -2.60. The third-order valence-corrected chi connectivity index (χ3v) is 7.08. The molecule has 0 unspecified atom stereocenters. The molecule has 3 aliphatic rings. The van der Waals surface area contributed by atoms with Crippen LogP contribution in [-0.2, 0) is 14.6 Å². The first-order valence-electron chi connectivity index (χ1n) is 8.88. The highest BCUT2D eigenvalue weighted by molar-refractivity contribution is 7.91. The highest BCUT2D eigenvalue weighted by atomic mass is 32.2. The molecule has 1 aromatic carbocycles. The second kappa shape index (κ2) is 6.55. The number of amides is 1. The predicted octanol–water partition coefficient (Wildman–Crippen LogP) is 1.31. The first-order valence-corrected chi connectivity index (χ1v) is 10.7. The summed E-state index contributed by atoms with van der Waals surface area (Å²) in [4.78, 5) is 17.1. The normalized spacial score (nSPS) is 27.1. The molecule has 26 heavy (non-hydrogen) atoms. The zero-order chi connectivity index (χ0) is 18.3. The topological polar surface area (TPSA) is 66.9 Å². The van der Waals surface area contributed by atoms with Gasteiger partial charge in [-0.05, 0) is 24.8 Å². The zero-order valence-corrected chi connectivity index (χ0v) is 15.5. The number of fused-ring (bicyclic) bond motifs is 2. The molecule has 3 heterocycles. The van der Waals surface area contributed by atoms with E-state index in [1.165, 1.54) is 6.26 Å². The minimum Gasteiger partial charge on any atom is -0.464 e. The molecule has 4 rings (SSSR count). The fraction of sp³-hybridized carbons (Fsp3) is 0.421. The zero-order valence-electron chi connectivity index (χ0n) is 14.7. The lowest BCUT2D eigenvalue weighted by atomic mass is 10.0. The Kier molecular flexibility index (Phi) is 4.36. The minimum absolute atomic E-state index is 0.0456. The second-order valence-corrected chi connectivity index (χ2v) is 9.05. The van der Waals surface area contributed by atoms with Gasteiger partial charge in [0.15, 0.2) is 9.84 Å². The van der Waals surface area contributed by atoms with Crippen molar-refractivity contribution in [3.63, 3.8) is 0 Å². The van der Waals surface area contributed by atoms with E-state index in [9.17, 15) is 13.2 Å². The van der Waals surface area contributed by atoms with Crippen molar-refractivity contribution >= 4 is 21.8 Å². The summed E-state index contributed by atoms with van der Waals surface area (Å²) in [6.45, 7) is 4.06. The van der Waals surface area contributed by atoms with Gasteiger partial charge in [0.25, 0.3) is 5.91 Å². The third kappa shape index (κ3) is 3.05. The van der Waals surface area contributed by atoms with Crippen LogP contribution in [0.1, 0.15) is 12.5 Å². The largest absolute Gasteiger partial charge is 0.464 e. The van der Waals surface area contributed by atoms with Crippen molar-refractivity contribution in [2.24, 2.45) is 0 Å². The van der Waals surface area contributed by atoms with E-state index in [1.54, 1.807) is 11.0 Å². The highest BCUT2D eigenvalue weighted by Gasteiger charge is 2.47. The number of hydrogen-bond donors (Lipinski definition) is 0. The highest BCUT2D eigenvalue weighted by Crippen LogP contribution is 2.30. The monoisotopic (exact) mass is 374 g/mol. The van der Waals surface area contributed by atoms with Gasteiger partial charge in [-0.3, -0.25) is 9.69 Å². The van der Waals surface area contributed by atoms with Crippen LogP contribution in [0.2, 0.25) is 0 Å². The maximum absolute atomic E-state index is 13.2. The summed E-state index contributed by atoms with van der Waals surface area (Å²) in [5.41, 5.74) is 1.35. The molecule has 0 bridgehead atoms. The van der Waals surface area contributed by atoms with Crippen LogP contribution in [0.4, 0.5) is 0 Å². The van der Waals surface area contributed by atoms with Crippen LogP contribution in [0.15, 0.2) is 42.2 Å². The van der Waals surface area contributed by atoms with Crippen LogP contribution >= 0.6 is 0 Å². The van der Waals surface area contributed by atoms with Gasteiger partial charge in [0.05, 0.1) is 23.8 Å². The minimum atomic E-state index is -3.12. The van der Waals surface area contributed by atoms with Gasteiger partial charge >= 0.3 is 0 Å². The first kappa shape index (κ1) is 17.3. The molecule has 0 aliphatic carbocycles. The van der Waals surface area contributed by atoms with Gasteiger partial charge in [-0.15, -0.1) is 0 Å². The summed E-state index contributed by atoms with van der Waals surface area (Å²) < 4.78 is 30.0. The van der Waals surface area contributed by atoms with Crippen molar-refractivity contribution in [1.29, 1.82) is 0 Å². The summed E-state index contributed by atoms with van der Waals surface area (Å²) >= 11 is 0. The van der Waals surface area contributed by atoms with Crippen molar-refractivity contribution in [2.45, 2.75) is 19.0 Å². The van der Waals surface area contributed by atoms with E-state index in [2.05, 4.69) is 4.90 Å². The summed E-state index contributed by atoms with van der Waals surface area (Å²) in [5.74, 6) is 0.744. The number of nitrogens with zero attached hydrogens (tertiary/aromatic N) is 2. The van der Waals surface area contributed by atoms with Gasteiger partial charge in [0.2, 0.25) is 0 Å². The molecule has 7 heteroatoms. The summed E-state index contributed by atoms with van der Waals surface area (Å²) in [7, 11) is -3.12. The maximum Gasteiger partial charge on any atom is 0.254 e. The van der Waals surface area contributed by atoms with Crippen molar-refractivity contribution in [3.8, 4) is 5.75 Å². The fourth-order valence-electron chi connectivity index (χ4n) is 4.07. The average molecular weight is 374 g/mol. The molecule has 0 N–H and O–H groups in total. The molecule has 6 nitrogen and oxygen atoms in total. The molecule has 0 aromatic heterocycles. The molecular formula is C19H22N2O4S. The van der Waals surface area contributed by atoms with Crippen molar-refractivity contribution in [1.82, 2.24) is 9.80 Å². The van der Waals surface area contributed by atoms with Crippen molar-refractivity contribution in [3.05, 3.63) is 47.7 Å². The smallest absolute Gasteiger partial charge is 0.254 e. The maximum atomic E-state index is 13.2. The summed E-state index contributed by atoms with van der Waals surface area (Å²) in [5, 5.41) is 0. The van der Waals surface area contributed by atoms with Gasteiger partial charge in [0.1, 0.15) is 5.75 Å². The summed E-state index contributed by atoms with van der Waals surface area (Å²) in [6.07, 6.45) is 4.99. The number of benzene rings is 1. The second-order valence-electron chi connectivity index (χ2n) is 6.90. The van der Waals surface area contributed by atoms with Crippen LogP contribution in [0.3, 0.4) is 0 Å². The van der Waals surface area contributed by atoms with E-state index in [0.717, 1.165) is 12.1 Å². The van der Waals surface area contributed by atoms with Gasteiger partial charge in [-0.25, -0.2) is 8.42 Å². The molecule has 0 saturated carbocycles. The predicted molar refractivity (Wildman–Crippen MR) is 99.4 cm³/mol. The number of rotatable bonds is 2. The molecule has 138 valence electrons. The van der Waals surface area contributed by atoms with Gasteiger partial charge in [0, 0.05) is 30.3 Å². The molecule has 3 aliphatic heterocycles. The van der Waals surface area contributed by atoms with E-state index < -0.39 is 9.84 Å². The molecule has 0 radical (unpaired) electrons. The Hall–Kier alpha value is -2.12. The van der Waals surface area contributed by atoms with Crippen LogP contribution in [0.5, 0.6) is 5.75 Å². The van der Waals surface area contributed by atoms with Gasteiger partial charge in [-0.1, -0.05) is 25.1 Å². The molecule has 0 spiro atoms. The van der Waals surface area contributed by atoms with Crippen LogP contribution < -0.4 is 4.74 Å². The lowest BCUT2D eigenvalue weighted by Gasteiger charge is -2.43. The van der Waals surface area contributed by atoms with Crippen molar-refractivity contribution < 1.29 is 17.9 Å². The Morgan fingerprint density at radius 3 is 2.77 bits per heavy atom. The van der Waals surface area contributed by atoms with Gasteiger partial charge in [-0.2, -0.15) is 0 Å². The lowest BCUT2D eigenvalue weighted by molar-refractivity contribution is -0.132. The van der Waals surface area contributed by atoms with E-state index in [1.807, 2.05) is 37.3 Å². The number of ether oxygens (including phenoxy) is 1. The number of piperazine rings is 1. The molecular weight excluding hydrogens is 352 g/mol. The number of carbonyl (C=O) groups excluding carboxylic acids is 1. The van der Waals surface area contributed by atoms with E-state index in [4.69, 9.17) is 4.74 Å². The fourth-order valence-corrected chi connectivity index (χ4v) is 6.08. The van der Waals surface area contributed by atoms with Crippen LogP contribution in [0.25, 0.3) is 6.08 Å². The quantitative estimate of drug-likeness (QED) is 0.781. The SMILES string of the molecule is CCN1CCN(C(=O)C2=Cc3ccccc3OC=C2)[C@@H]2CS(=O)(=O)C[C@@H]21. The Morgan fingerprint density at radius 2 is 1.96 bits per heavy atom. The number of likely N-dealkylation sites (N-methyl/N-ethyl adjacent to an activating group) is 1. The molecule has 1 aromatic rings. The van der Waals surface area contributed by atoms with E-state index in [-0.39, 0.29) is 29.5 Å². The average Bonchev–Trinajstić information content (AvgIpc) is 2.81. The standard InChI is InChI=1S/C19H22N2O4S/c1-2-20-8-9-21(17-13-26(23,24)12-16(17)20)19(22)15-7-10-25-18-6-4-3-5-14(18)11-15/h3-7,10-11,16-17H,2,8-9,12-13H2,1H3/t16-,17+/m0/s1. The molecule has 2 fully saturated rings. The van der Waals surface area contributed by atoms with Crippen molar-refractivity contribution in [2.75, 3.05) is 31.1 Å². The van der Waals surface area contributed by atoms with E-state index in [0.29, 0.717) is 24.4 Å². The number of carbonyl (C=O) groups is 1. The first-order chi connectivity index (χ1) is 12.5. The number of para-hydroxylation sites is 1. The number of sulfone groups is 1. The number of hydrogen-bond acceptors (Lipinski definition) is 5. The van der Waals surface area contributed by atoms with Gasteiger partial charge < -0.3 is 9.64 Å². The molecule has 2 saturated heterocycles.